The van der Waals surface area contributed by atoms with Gasteiger partial charge in [0, 0.05) is 18.7 Å². The molecule has 0 aliphatic carbocycles. The van der Waals surface area contributed by atoms with Gasteiger partial charge in [-0.25, -0.2) is 0 Å². The van der Waals surface area contributed by atoms with Gasteiger partial charge in [0.05, 0.1) is 0 Å². The normalized spacial score (nSPS) is 9.76. The lowest BCUT2D eigenvalue weighted by Gasteiger charge is -2.13. The third kappa shape index (κ3) is 2.97. The number of aromatic nitrogens is 2. The molecular weight excluding hydrogens is 238 g/mol. The van der Waals surface area contributed by atoms with Gasteiger partial charge in [0.25, 0.3) is 0 Å². The van der Waals surface area contributed by atoms with Crippen molar-refractivity contribution in [2.75, 3.05) is 18.0 Å². The molecule has 17 heavy (non-hydrogen) atoms. The summed E-state index contributed by atoms with van der Waals surface area (Å²) in [6, 6.07) is 10.4. The molecule has 0 unspecified atom stereocenters. The number of anilines is 1. The molecule has 0 N–H and O–H groups in total. The number of benzene rings is 1. The fraction of sp³-hybridized carbons (Fsp3) is 0.333. The predicted molar refractivity (Wildman–Crippen MR) is 70.5 cm³/mol. The summed E-state index contributed by atoms with van der Waals surface area (Å²) in [7, 11) is 0. The van der Waals surface area contributed by atoms with Crippen LogP contribution in [-0.2, 0) is 0 Å². The first-order valence-electron chi connectivity index (χ1n) is 5.49. The van der Waals surface area contributed by atoms with Crippen molar-refractivity contribution in [2.45, 2.75) is 13.8 Å². The molecule has 0 aliphatic rings. The van der Waals surface area contributed by atoms with E-state index in [0.717, 1.165) is 18.7 Å². The Morgan fingerprint density at radius 1 is 1.06 bits per heavy atom. The van der Waals surface area contributed by atoms with Crippen molar-refractivity contribution < 1.29 is 4.42 Å². The van der Waals surface area contributed by atoms with Gasteiger partial charge in [-0.2, -0.15) is 0 Å². The third-order valence-corrected chi connectivity index (χ3v) is 2.47. The quantitative estimate of drug-likeness (QED) is 0.840. The Bertz CT molecular complexity index is 440. The molecule has 0 fully saturated rings. The molecule has 1 aromatic carbocycles. The van der Waals surface area contributed by atoms with Gasteiger partial charge in [-0.3, -0.25) is 0 Å². The van der Waals surface area contributed by atoms with E-state index >= 15 is 0 Å². The Balaban J connectivity index is 0.00000144. The van der Waals surface area contributed by atoms with Gasteiger partial charge in [-0.05, 0) is 26.0 Å². The molecule has 0 saturated carbocycles. The first-order chi connectivity index (χ1) is 7.85. The van der Waals surface area contributed by atoms with E-state index in [1.807, 2.05) is 35.2 Å². The minimum atomic E-state index is 0. The maximum atomic E-state index is 5.62. The van der Waals surface area contributed by atoms with Crippen molar-refractivity contribution in [2.24, 2.45) is 0 Å². The summed E-state index contributed by atoms with van der Waals surface area (Å²) >= 11 is 0. The first-order valence-corrected chi connectivity index (χ1v) is 5.49. The Hall–Kier alpha value is -1.55. The Morgan fingerprint density at radius 3 is 2.29 bits per heavy atom. The maximum absolute atomic E-state index is 5.62. The molecule has 92 valence electrons. The molecule has 0 bridgehead atoms. The summed E-state index contributed by atoms with van der Waals surface area (Å²) < 4.78 is 5.62. The van der Waals surface area contributed by atoms with Gasteiger partial charge in [0.15, 0.2) is 0 Å². The van der Waals surface area contributed by atoms with E-state index in [-0.39, 0.29) is 12.4 Å². The molecule has 0 saturated heterocycles. The predicted octanol–water partition coefficient (Wildman–Crippen LogP) is 3.00. The Kier molecular flexibility index (Phi) is 4.97. The highest BCUT2D eigenvalue weighted by atomic mass is 35.5. The summed E-state index contributed by atoms with van der Waals surface area (Å²) in [6.07, 6.45) is 0. The van der Waals surface area contributed by atoms with Crippen LogP contribution in [0.5, 0.6) is 0 Å². The van der Waals surface area contributed by atoms with Gasteiger partial charge in [-0.1, -0.05) is 23.3 Å². The van der Waals surface area contributed by atoms with Crippen LogP contribution in [0, 0.1) is 0 Å². The molecule has 2 aromatic rings. The van der Waals surface area contributed by atoms with Crippen LogP contribution >= 0.6 is 12.4 Å². The minimum Gasteiger partial charge on any atom is -0.403 e. The van der Waals surface area contributed by atoms with Crippen LogP contribution in [0.2, 0.25) is 0 Å². The number of rotatable bonds is 4. The van der Waals surface area contributed by atoms with Crippen molar-refractivity contribution >= 4 is 18.4 Å². The number of hydrogen-bond donors (Lipinski definition) is 0. The summed E-state index contributed by atoms with van der Waals surface area (Å²) in [5.41, 5.74) is 0.952. The largest absolute Gasteiger partial charge is 0.403 e. The van der Waals surface area contributed by atoms with E-state index in [9.17, 15) is 0 Å². The van der Waals surface area contributed by atoms with Crippen LogP contribution in [0.4, 0.5) is 6.01 Å². The van der Waals surface area contributed by atoms with E-state index in [0.29, 0.717) is 11.9 Å². The molecule has 1 heterocycles. The monoisotopic (exact) mass is 253 g/mol. The Morgan fingerprint density at radius 2 is 1.71 bits per heavy atom. The van der Waals surface area contributed by atoms with Gasteiger partial charge in [-0.15, -0.1) is 17.5 Å². The fourth-order valence-electron chi connectivity index (χ4n) is 1.53. The lowest BCUT2D eigenvalue weighted by molar-refractivity contribution is 0.550. The van der Waals surface area contributed by atoms with Crippen LogP contribution in [0.25, 0.3) is 11.5 Å². The summed E-state index contributed by atoms with van der Waals surface area (Å²) in [4.78, 5) is 2.03. The molecule has 0 spiro atoms. The maximum Gasteiger partial charge on any atom is 0.318 e. The second-order valence-electron chi connectivity index (χ2n) is 3.43. The summed E-state index contributed by atoms with van der Waals surface area (Å²) in [5.74, 6) is 0.572. The van der Waals surface area contributed by atoms with E-state index in [4.69, 9.17) is 4.42 Å². The number of halogens is 1. The number of nitrogens with zero attached hydrogens (tertiary/aromatic N) is 3. The SMILES string of the molecule is CCN(CC)c1nnc(-c2ccccc2)o1.Cl. The van der Waals surface area contributed by atoms with E-state index in [2.05, 4.69) is 24.0 Å². The zero-order valence-corrected chi connectivity index (χ0v) is 10.8. The number of hydrogen-bond acceptors (Lipinski definition) is 4. The molecule has 1 aromatic heterocycles. The lowest BCUT2D eigenvalue weighted by atomic mass is 10.2. The van der Waals surface area contributed by atoms with Crippen LogP contribution < -0.4 is 4.90 Å². The van der Waals surface area contributed by atoms with Crippen LogP contribution in [0.1, 0.15) is 13.8 Å². The van der Waals surface area contributed by atoms with Gasteiger partial charge in [0.1, 0.15) is 0 Å². The summed E-state index contributed by atoms with van der Waals surface area (Å²) in [5, 5.41) is 8.09. The average Bonchev–Trinajstić information content (AvgIpc) is 2.81. The van der Waals surface area contributed by atoms with Crippen LogP contribution in [-0.4, -0.2) is 23.3 Å². The molecule has 0 radical (unpaired) electrons. The van der Waals surface area contributed by atoms with E-state index in [1.54, 1.807) is 0 Å². The van der Waals surface area contributed by atoms with Crippen LogP contribution in [0.3, 0.4) is 0 Å². The standard InChI is InChI=1S/C12H15N3O.ClH/c1-3-15(4-2)12-14-13-11(16-12)10-8-6-5-7-9-10;/h5-9H,3-4H2,1-2H3;1H. The molecule has 5 heteroatoms. The minimum absolute atomic E-state index is 0. The zero-order valence-electron chi connectivity index (χ0n) is 9.96. The van der Waals surface area contributed by atoms with Gasteiger partial charge >= 0.3 is 6.01 Å². The highest BCUT2D eigenvalue weighted by molar-refractivity contribution is 5.85. The second kappa shape index (κ2) is 6.25. The zero-order chi connectivity index (χ0) is 11.4. The molecule has 0 aliphatic heterocycles. The average molecular weight is 254 g/mol. The molecular formula is C12H16ClN3O. The lowest BCUT2D eigenvalue weighted by Crippen LogP contribution is -2.21. The fourth-order valence-corrected chi connectivity index (χ4v) is 1.53. The van der Waals surface area contributed by atoms with E-state index in [1.165, 1.54) is 0 Å². The highest BCUT2D eigenvalue weighted by Crippen LogP contribution is 2.21. The van der Waals surface area contributed by atoms with Gasteiger partial charge in [0.2, 0.25) is 5.89 Å². The second-order valence-corrected chi connectivity index (χ2v) is 3.43. The van der Waals surface area contributed by atoms with Gasteiger partial charge < -0.3 is 9.32 Å². The van der Waals surface area contributed by atoms with Crippen LogP contribution in [0.15, 0.2) is 34.7 Å². The van der Waals surface area contributed by atoms with E-state index < -0.39 is 0 Å². The Labute approximate surface area is 107 Å². The third-order valence-electron chi connectivity index (χ3n) is 2.47. The van der Waals surface area contributed by atoms with Crippen molar-refractivity contribution in [3.8, 4) is 11.5 Å². The molecule has 2 rings (SSSR count). The topological polar surface area (TPSA) is 42.2 Å². The molecule has 0 amide bonds. The molecule has 0 atom stereocenters. The van der Waals surface area contributed by atoms with Crippen molar-refractivity contribution in [3.05, 3.63) is 30.3 Å². The highest BCUT2D eigenvalue weighted by Gasteiger charge is 2.11. The van der Waals surface area contributed by atoms with Crippen molar-refractivity contribution in [1.29, 1.82) is 0 Å². The van der Waals surface area contributed by atoms with Crippen molar-refractivity contribution in [1.82, 2.24) is 10.2 Å². The van der Waals surface area contributed by atoms with Crippen molar-refractivity contribution in [3.63, 3.8) is 0 Å². The first kappa shape index (κ1) is 13.5. The summed E-state index contributed by atoms with van der Waals surface area (Å²) in [6.45, 7) is 5.87. The smallest absolute Gasteiger partial charge is 0.318 e. The molecule has 4 nitrogen and oxygen atoms in total.